The maximum absolute atomic E-state index is 12.9. The number of nitrogens with one attached hydrogen (secondary N) is 1. The lowest BCUT2D eigenvalue weighted by Gasteiger charge is -2.23. The number of rotatable bonds is 6. The van der Waals surface area contributed by atoms with Crippen molar-refractivity contribution in [3.63, 3.8) is 0 Å². The normalized spacial score (nSPS) is 24.7. The van der Waals surface area contributed by atoms with Gasteiger partial charge in [0.15, 0.2) is 0 Å². The third-order valence-electron chi connectivity index (χ3n) is 5.72. The van der Waals surface area contributed by atoms with Crippen LogP contribution in [0.3, 0.4) is 0 Å². The van der Waals surface area contributed by atoms with Gasteiger partial charge in [0, 0.05) is 32.7 Å². The lowest BCUT2D eigenvalue weighted by atomic mass is 9.81. The van der Waals surface area contributed by atoms with E-state index in [9.17, 15) is 19.1 Å². The predicted molar refractivity (Wildman–Crippen MR) is 95.1 cm³/mol. The molecule has 1 saturated carbocycles. The van der Waals surface area contributed by atoms with Gasteiger partial charge in [0.2, 0.25) is 0 Å². The molecule has 1 saturated heterocycles. The monoisotopic (exact) mass is 363 g/mol. The van der Waals surface area contributed by atoms with Gasteiger partial charge in [-0.05, 0) is 43.5 Å². The molecular formula is C19H26FN3O3. The third-order valence-corrected chi connectivity index (χ3v) is 5.72. The van der Waals surface area contributed by atoms with E-state index >= 15 is 0 Å². The van der Waals surface area contributed by atoms with Crippen LogP contribution in [0.2, 0.25) is 0 Å². The fourth-order valence-electron chi connectivity index (χ4n) is 4.24. The highest BCUT2D eigenvalue weighted by molar-refractivity contribution is 5.80. The average molecular weight is 363 g/mol. The van der Waals surface area contributed by atoms with Gasteiger partial charge in [0.1, 0.15) is 5.82 Å². The molecule has 0 spiro atoms. The smallest absolute Gasteiger partial charge is 0.317 e. The van der Waals surface area contributed by atoms with Gasteiger partial charge >= 0.3 is 12.0 Å². The Labute approximate surface area is 153 Å². The van der Waals surface area contributed by atoms with Gasteiger partial charge in [-0.15, -0.1) is 0 Å². The Hall–Kier alpha value is -2.15. The van der Waals surface area contributed by atoms with Gasteiger partial charge in [0.25, 0.3) is 0 Å². The zero-order valence-electron chi connectivity index (χ0n) is 15.1. The fourth-order valence-corrected chi connectivity index (χ4v) is 4.24. The molecular weight excluding hydrogens is 337 g/mol. The Morgan fingerprint density at radius 1 is 1.38 bits per heavy atom. The quantitative estimate of drug-likeness (QED) is 0.812. The van der Waals surface area contributed by atoms with Crippen molar-refractivity contribution in [1.82, 2.24) is 15.1 Å². The molecule has 3 rings (SSSR count). The molecule has 0 radical (unpaired) electrons. The van der Waals surface area contributed by atoms with Crippen LogP contribution >= 0.6 is 0 Å². The number of carboxylic acids is 1. The molecule has 0 unspecified atom stereocenters. The molecule has 26 heavy (non-hydrogen) atoms. The Balaban J connectivity index is 1.43. The number of hydrogen-bond donors (Lipinski definition) is 2. The summed E-state index contributed by atoms with van der Waals surface area (Å²) in [6, 6.07) is 6.19. The van der Waals surface area contributed by atoms with Gasteiger partial charge in [0.05, 0.1) is 5.41 Å². The second kappa shape index (κ2) is 7.61. The maximum atomic E-state index is 12.9. The summed E-state index contributed by atoms with van der Waals surface area (Å²) in [7, 11) is 1.94. The van der Waals surface area contributed by atoms with Gasteiger partial charge in [-0.3, -0.25) is 4.79 Å². The van der Waals surface area contributed by atoms with Crippen molar-refractivity contribution in [3.05, 3.63) is 35.6 Å². The minimum absolute atomic E-state index is 0.0758. The molecule has 0 aromatic heterocycles. The van der Waals surface area contributed by atoms with Gasteiger partial charge < -0.3 is 20.2 Å². The topological polar surface area (TPSA) is 72.9 Å². The van der Waals surface area contributed by atoms with Crippen molar-refractivity contribution in [1.29, 1.82) is 0 Å². The van der Waals surface area contributed by atoms with Crippen LogP contribution in [-0.4, -0.2) is 60.1 Å². The van der Waals surface area contributed by atoms with E-state index in [1.165, 1.54) is 12.1 Å². The van der Waals surface area contributed by atoms with E-state index in [-0.39, 0.29) is 17.8 Å². The van der Waals surface area contributed by atoms with Crippen LogP contribution in [0.5, 0.6) is 0 Å². The summed E-state index contributed by atoms with van der Waals surface area (Å²) in [5.74, 6) is -0.945. The molecule has 1 aliphatic carbocycles. The lowest BCUT2D eigenvalue weighted by molar-refractivity contribution is -0.149. The molecule has 142 valence electrons. The SMILES string of the molecule is CN(CCNC(=O)N1C[C@@H]2CCC[C@@]2(C(=O)O)C1)Cc1ccc(F)cc1. The van der Waals surface area contributed by atoms with E-state index in [0.717, 1.165) is 18.4 Å². The second-order valence-electron chi connectivity index (χ2n) is 7.53. The minimum atomic E-state index is -0.769. The van der Waals surface area contributed by atoms with Gasteiger partial charge in [-0.2, -0.15) is 0 Å². The number of benzene rings is 1. The van der Waals surface area contributed by atoms with Crippen molar-refractivity contribution in [2.24, 2.45) is 11.3 Å². The number of aliphatic carboxylic acids is 1. The van der Waals surface area contributed by atoms with Crippen molar-refractivity contribution in [2.45, 2.75) is 25.8 Å². The third kappa shape index (κ3) is 3.82. The van der Waals surface area contributed by atoms with E-state index < -0.39 is 11.4 Å². The van der Waals surface area contributed by atoms with E-state index in [2.05, 4.69) is 5.32 Å². The molecule has 2 fully saturated rings. The number of urea groups is 1. The van der Waals surface area contributed by atoms with Gasteiger partial charge in [-0.1, -0.05) is 18.6 Å². The van der Waals surface area contributed by atoms with Gasteiger partial charge in [-0.25, -0.2) is 9.18 Å². The Kier molecular flexibility index (Phi) is 5.46. The highest BCUT2D eigenvalue weighted by atomic mass is 19.1. The van der Waals surface area contributed by atoms with Crippen LogP contribution in [0.1, 0.15) is 24.8 Å². The Morgan fingerprint density at radius 2 is 2.12 bits per heavy atom. The number of likely N-dealkylation sites (N-methyl/N-ethyl adjacent to an activating group) is 1. The molecule has 2 atom stereocenters. The minimum Gasteiger partial charge on any atom is -0.481 e. The van der Waals surface area contributed by atoms with Crippen molar-refractivity contribution >= 4 is 12.0 Å². The summed E-state index contributed by atoms with van der Waals surface area (Å²) in [5, 5.41) is 12.5. The summed E-state index contributed by atoms with van der Waals surface area (Å²) in [5.41, 5.74) is 0.271. The number of carbonyl (C=O) groups is 2. The summed E-state index contributed by atoms with van der Waals surface area (Å²) in [6.07, 6.45) is 2.48. The van der Waals surface area contributed by atoms with Crippen molar-refractivity contribution in [3.8, 4) is 0 Å². The first-order valence-electron chi connectivity index (χ1n) is 9.10. The predicted octanol–water partition coefficient (Wildman–Crippen LogP) is 2.15. The van der Waals surface area contributed by atoms with E-state index in [4.69, 9.17) is 0 Å². The molecule has 1 aromatic rings. The van der Waals surface area contributed by atoms with E-state index in [0.29, 0.717) is 39.1 Å². The zero-order valence-corrected chi connectivity index (χ0v) is 15.1. The molecule has 1 aliphatic heterocycles. The van der Waals surface area contributed by atoms with Crippen molar-refractivity contribution < 1.29 is 19.1 Å². The van der Waals surface area contributed by atoms with Crippen LogP contribution in [0, 0.1) is 17.2 Å². The first-order chi connectivity index (χ1) is 12.4. The van der Waals surface area contributed by atoms with Crippen LogP contribution in [0.25, 0.3) is 0 Å². The Morgan fingerprint density at radius 3 is 2.77 bits per heavy atom. The van der Waals surface area contributed by atoms with Crippen LogP contribution in [0.15, 0.2) is 24.3 Å². The standard InChI is InChI=1S/C19H26FN3O3/c1-22(11-14-4-6-16(20)7-5-14)10-9-21-18(26)23-12-15-3-2-8-19(15,13-23)17(24)25/h4-7,15H,2-3,8-13H2,1H3,(H,21,26)(H,24,25)/t15-,19+/m0/s1. The number of likely N-dealkylation sites (tertiary alicyclic amines) is 1. The highest BCUT2D eigenvalue weighted by Gasteiger charge is 2.55. The number of carbonyl (C=O) groups excluding carboxylic acids is 1. The molecule has 0 bridgehead atoms. The molecule has 2 amide bonds. The summed E-state index contributed by atoms with van der Waals surface area (Å²) in [6.45, 7) is 2.65. The number of nitrogens with zero attached hydrogens (tertiary/aromatic N) is 2. The summed E-state index contributed by atoms with van der Waals surface area (Å²) >= 11 is 0. The summed E-state index contributed by atoms with van der Waals surface area (Å²) < 4.78 is 12.9. The van der Waals surface area contributed by atoms with E-state index in [1.54, 1.807) is 17.0 Å². The number of carboxylic acid groups (broad SMARTS) is 1. The number of amides is 2. The second-order valence-corrected chi connectivity index (χ2v) is 7.53. The maximum Gasteiger partial charge on any atom is 0.317 e. The highest BCUT2D eigenvalue weighted by Crippen LogP contribution is 2.48. The molecule has 2 N–H and O–H groups in total. The molecule has 7 heteroatoms. The summed E-state index contributed by atoms with van der Waals surface area (Å²) in [4.78, 5) is 27.8. The average Bonchev–Trinajstić information content (AvgIpc) is 3.15. The lowest BCUT2D eigenvalue weighted by Crippen LogP contribution is -2.43. The molecule has 1 aromatic carbocycles. The first kappa shape index (κ1) is 18.6. The first-order valence-corrected chi connectivity index (χ1v) is 9.10. The molecule has 2 aliphatic rings. The molecule has 1 heterocycles. The number of fused-ring (bicyclic) bond motifs is 1. The number of hydrogen-bond acceptors (Lipinski definition) is 3. The zero-order chi connectivity index (χ0) is 18.7. The number of halogens is 1. The molecule has 6 nitrogen and oxygen atoms in total. The fraction of sp³-hybridized carbons (Fsp3) is 0.579. The Bertz CT molecular complexity index is 666. The van der Waals surface area contributed by atoms with Crippen LogP contribution in [0.4, 0.5) is 9.18 Å². The van der Waals surface area contributed by atoms with E-state index in [1.807, 2.05) is 11.9 Å². The van der Waals surface area contributed by atoms with Crippen LogP contribution in [-0.2, 0) is 11.3 Å². The van der Waals surface area contributed by atoms with Crippen molar-refractivity contribution in [2.75, 3.05) is 33.2 Å². The van der Waals surface area contributed by atoms with Crippen LogP contribution < -0.4 is 5.32 Å². The largest absolute Gasteiger partial charge is 0.481 e.